The second kappa shape index (κ2) is 6.55. The predicted molar refractivity (Wildman–Crippen MR) is 73.4 cm³/mol. The Morgan fingerprint density at radius 1 is 1.33 bits per heavy atom. The molecule has 0 aliphatic carbocycles. The van der Waals surface area contributed by atoms with Crippen molar-refractivity contribution in [1.82, 2.24) is 10.2 Å². The van der Waals surface area contributed by atoms with E-state index in [0.717, 1.165) is 32.5 Å². The summed E-state index contributed by atoms with van der Waals surface area (Å²) < 4.78 is 0. The summed E-state index contributed by atoms with van der Waals surface area (Å²) in [5.74, 6) is 0.287. The SMILES string of the molecule is CC1CCN(C(=O)CCc2ccccc2)CCN1. The molecule has 1 amide bonds. The van der Waals surface area contributed by atoms with E-state index in [2.05, 4.69) is 24.4 Å². The molecular weight excluding hydrogens is 224 g/mol. The standard InChI is InChI=1S/C15H22N2O/c1-13-9-11-17(12-10-16-13)15(18)8-7-14-5-3-2-4-6-14/h2-6,13,16H,7-12H2,1H3. The molecule has 1 unspecified atom stereocenters. The zero-order chi connectivity index (χ0) is 12.8. The Bertz CT molecular complexity index is 377. The average Bonchev–Trinajstić information content (AvgIpc) is 2.62. The van der Waals surface area contributed by atoms with E-state index in [9.17, 15) is 4.79 Å². The first-order valence-electron chi connectivity index (χ1n) is 6.81. The second-order valence-electron chi connectivity index (χ2n) is 5.01. The lowest BCUT2D eigenvalue weighted by Gasteiger charge is -2.20. The smallest absolute Gasteiger partial charge is 0.222 e. The first-order chi connectivity index (χ1) is 8.75. The highest BCUT2D eigenvalue weighted by atomic mass is 16.2. The van der Waals surface area contributed by atoms with E-state index in [-0.39, 0.29) is 5.91 Å². The second-order valence-corrected chi connectivity index (χ2v) is 5.01. The van der Waals surface area contributed by atoms with Crippen molar-refractivity contribution in [3.63, 3.8) is 0 Å². The number of amides is 1. The van der Waals surface area contributed by atoms with Crippen LogP contribution >= 0.6 is 0 Å². The summed E-state index contributed by atoms with van der Waals surface area (Å²) in [7, 11) is 0. The zero-order valence-corrected chi connectivity index (χ0v) is 11.1. The van der Waals surface area contributed by atoms with Crippen LogP contribution in [0.1, 0.15) is 25.3 Å². The largest absolute Gasteiger partial charge is 0.341 e. The molecule has 1 aliphatic rings. The molecule has 1 N–H and O–H groups in total. The van der Waals surface area contributed by atoms with Crippen LogP contribution in [-0.4, -0.2) is 36.5 Å². The topological polar surface area (TPSA) is 32.3 Å². The lowest BCUT2D eigenvalue weighted by atomic mass is 10.1. The number of rotatable bonds is 3. The van der Waals surface area contributed by atoms with Crippen molar-refractivity contribution in [2.75, 3.05) is 19.6 Å². The molecule has 1 heterocycles. The lowest BCUT2D eigenvalue weighted by Crippen LogP contribution is -2.34. The van der Waals surface area contributed by atoms with Gasteiger partial charge in [-0.05, 0) is 25.3 Å². The van der Waals surface area contributed by atoms with Gasteiger partial charge in [0.05, 0.1) is 0 Å². The van der Waals surface area contributed by atoms with Gasteiger partial charge in [0.2, 0.25) is 5.91 Å². The molecule has 0 saturated carbocycles. The molecule has 0 bridgehead atoms. The minimum Gasteiger partial charge on any atom is -0.341 e. The monoisotopic (exact) mass is 246 g/mol. The van der Waals surface area contributed by atoms with E-state index in [4.69, 9.17) is 0 Å². The van der Waals surface area contributed by atoms with E-state index in [0.29, 0.717) is 12.5 Å². The Hall–Kier alpha value is -1.35. The molecule has 2 rings (SSSR count). The summed E-state index contributed by atoms with van der Waals surface area (Å²) in [6.45, 7) is 4.83. The molecule has 1 aliphatic heterocycles. The Labute approximate surface area is 109 Å². The first kappa shape index (κ1) is 13.1. The van der Waals surface area contributed by atoms with Gasteiger partial charge in [-0.2, -0.15) is 0 Å². The minimum absolute atomic E-state index is 0.287. The number of hydrogen-bond acceptors (Lipinski definition) is 2. The molecule has 0 radical (unpaired) electrons. The van der Waals surface area contributed by atoms with Gasteiger partial charge in [0.15, 0.2) is 0 Å². The summed E-state index contributed by atoms with van der Waals surface area (Å²) >= 11 is 0. The summed E-state index contributed by atoms with van der Waals surface area (Å²) in [4.78, 5) is 14.1. The van der Waals surface area contributed by atoms with Gasteiger partial charge in [-0.3, -0.25) is 4.79 Å². The van der Waals surface area contributed by atoms with E-state index in [1.165, 1.54) is 5.56 Å². The van der Waals surface area contributed by atoms with Crippen LogP contribution in [-0.2, 0) is 11.2 Å². The van der Waals surface area contributed by atoms with Crippen molar-refractivity contribution < 1.29 is 4.79 Å². The minimum atomic E-state index is 0.287. The fourth-order valence-corrected chi connectivity index (χ4v) is 2.31. The van der Waals surface area contributed by atoms with Crippen molar-refractivity contribution >= 4 is 5.91 Å². The van der Waals surface area contributed by atoms with Gasteiger partial charge in [0.25, 0.3) is 0 Å². The van der Waals surface area contributed by atoms with Gasteiger partial charge in [-0.1, -0.05) is 30.3 Å². The van der Waals surface area contributed by atoms with E-state index in [1.54, 1.807) is 0 Å². The van der Waals surface area contributed by atoms with Gasteiger partial charge in [-0.15, -0.1) is 0 Å². The molecule has 0 spiro atoms. The number of hydrogen-bond donors (Lipinski definition) is 1. The summed E-state index contributed by atoms with van der Waals surface area (Å²) in [5, 5.41) is 3.41. The van der Waals surface area contributed by atoms with Gasteiger partial charge in [0.1, 0.15) is 0 Å². The molecule has 1 fully saturated rings. The average molecular weight is 246 g/mol. The summed E-state index contributed by atoms with van der Waals surface area (Å²) in [6.07, 6.45) is 2.52. The number of nitrogens with zero attached hydrogens (tertiary/aromatic N) is 1. The van der Waals surface area contributed by atoms with Gasteiger partial charge in [-0.25, -0.2) is 0 Å². The molecule has 1 atom stereocenters. The van der Waals surface area contributed by atoms with Crippen LogP contribution in [0.4, 0.5) is 0 Å². The molecule has 1 aromatic rings. The quantitative estimate of drug-likeness (QED) is 0.882. The maximum absolute atomic E-state index is 12.1. The number of aryl methyl sites for hydroxylation is 1. The third kappa shape index (κ3) is 3.84. The number of carbonyl (C=O) groups excluding carboxylic acids is 1. The molecule has 98 valence electrons. The molecular formula is C15H22N2O. The maximum atomic E-state index is 12.1. The number of nitrogens with one attached hydrogen (secondary N) is 1. The zero-order valence-electron chi connectivity index (χ0n) is 11.1. The number of carbonyl (C=O) groups is 1. The van der Waals surface area contributed by atoms with Gasteiger partial charge in [0, 0.05) is 32.1 Å². The van der Waals surface area contributed by atoms with Crippen LogP contribution in [0.15, 0.2) is 30.3 Å². The predicted octanol–water partition coefficient (Wildman–Crippen LogP) is 1.83. The number of benzene rings is 1. The highest BCUT2D eigenvalue weighted by Crippen LogP contribution is 2.07. The lowest BCUT2D eigenvalue weighted by molar-refractivity contribution is -0.130. The molecule has 1 aromatic carbocycles. The van der Waals surface area contributed by atoms with Gasteiger partial charge >= 0.3 is 0 Å². The van der Waals surface area contributed by atoms with Crippen LogP contribution < -0.4 is 5.32 Å². The van der Waals surface area contributed by atoms with Crippen molar-refractivity contribution in [2.45, 2.75) is 32.2 Å². The van der Waals surface area contributed by atoms with E-state index < -0.39 is 0 Å². The van der Waals surface area contributed by atoms with Crippen LogP contribution in [0.3, 0.4) is 0 Å². The molecule has 0 aromatic heterocycles. The molecule has 3 nitrogen and oxygen atoms in total. The fourth-order valence-electron chi connectivity index (χ4n) is 2.31. The van der Waals surface area contributed by atoms with Crippen LogP contribution in [0.25, 0.3) is 0 Å². The molecule has 1 saturated heterocycles. The van der Waals surface area contributed by atoms with Gasteiger partial charge < -0.3 is 10.2 Å². The highest BCUT2D eigenvalue weighted by molar-refractivity contribution is 5.76. The van der Waals surface area contributed by atoms with E-state index in [1.807, 2.05) is 23.1 Å². The Balaban J connectivity index is 1.80. The van der Waals surface area contributed by atoms with Crippen molar-refractivity contribution in [3.8, 4) is 0 Å². The Morgan fingerprint density at radius 2 is 2.11 bits per heavy atom. The third-order valence-electron chi connectivity index (χ3n) is 3.53. The first-order valence-corrected chi connectivity index (χ1v) is 6.81. The van der Waals surface area contributed by atoms with Crippen LogP contribution in [0.5, 0.6) is 0 Å². The van der Waals surface area contributed by atoms with Crippen molar-refractivity contribution in [3.05, 3.63) is 35.9 Å². The molecule has 18 heavy (non-hydrogen) atoms. The Morgan fingerprint density at radius 3 is 2.89 bits per heavy atom. The maximum Gasteiger partial charge on any atom is 0.222 e. The van der Waals surface area contributed by atoms with E-state index >= 15 is 0 Å². The third-order valence-corrected chi connectivity index (χ3v) is 3.53. The molecule has 3 heteroatoms. The Kier molecular flexibility index (Phi) is 4.76. The van der Waals surface area contributed by atoms with Crippen LogP contribution in [0.2, 0.25) is 0 Å². The highest BCUT2D eigenvalue weighted by Gasteiger charge is 2.17. The summed E-state index contributed by atoms with van der Waals surface area (Å²) in [5.41, 5.74) is 1.24. The normalized spacial score (nSPS) is 20.5. The van der Waals surface area contributed by atoms with Crippen LogP contribution in [0, 0.1) is 0 Å². The fraction of sp³-hybridized carbons (Fsp3) is 0.533. The van der Waals surface area contributed by atoms with Crippen molar-refractivity contribution in [1.29, 1.82) is 0 Å². The van der Waals surface area contributed by atoms with Crippen molar-refractivity contribution in [2.24, 2.45) is 0 Å². The summed E-state index contributed by atoms with van der Waals surface area (Å²) in [6, 6.07) is 10.7.